The first-order chi connectivity index (χ1) is 14.9. The number of nitrogens with one attached hydrogen (secondary N) is 1. The van der Waals surface area contributed by atoms with E-state index in [1.807, 2.05) is 0 Å². The summed E-state index contributed by atoms with van der Waals surface area (Å²) in [5, 5.41) is 4.56. The van der Waals surface area contributed by atoms with Crippen molar-refractivity contribution in [3.05, 3.63) is 38.9 Å². The van der Waals surface area contributed by atoms with Crippen molar-refractivity contribution >= 4 is 38.6 Å². The highest BCUT2D eigenvalue weighted by molar-refractivity contribution is 7.89. The maximum Gasteiger partial charge on any atom is 0.307 e. The Bertz CT molecular complexity index is 1110. The van der Waals surface area contributed by atoms with Gasteiger partial charge in [0.1, 0.15) is 6.54 Å². The first-order valence-corrected chi connectivity index (χ1v) is 12.6. The number of hydrogen-bond acceptors (Lipinski definition) is 7. The normalized spacial score (nSPS) is 17.8. The molecule has 0 atom stereocenters. The molecule has 1 aromatic heterocycles. The molecule has 2 aliphatic heterocycles. The van der Waals surface area contributed by atoms with Gasteiger partial charge in [-0.05, 0) is 38.0 Å². The number of morpholine rings is 1. The molecule has 2 aromatic rings. The van der Waals surface area contributed by atoms with Gasteiger partial charge in [0.15, 0.2) is 0 Å². The number of carbonyl (C=O) groups excluding carboxylic acids is 1. The molecule has 1 amide bonds. The summed E-state index contributed by atoms with van der Waals surface area (Å²) >= 11 is 1.05. The van der Waals surface area contributed by atoms with Crippen molar-refractivity contribution < 1.29 is 17.9 Å². The standard InChI is InChI=1S/C20H26N4O5S2/c1-15-14-30-20(26)24(15)13-19(25)21-17-12-16(4-5-18(17)22-6-2-3-7-22)31(27,28)23-8-10-29-11-9-23/h4-5,12,14H,2-3,6-11,13H2,1H3,(H,21,25). The van der Waals surface area contributed by atoms with Crippen LogP contribution in [0.25, 0.3) is 0 Å². The van der Waals surface area contributed by atoms with E-state index in [2.05, 4.69) is 10.2 Å². The quantitative estimate of drug-likeness (QED) is 0.692. The van der Waals surface area contributed by atoms with Crippen LogP contribution in [0.4, 0.5) is 11.4 Å². The Kier molecular flexibility index (Phi) is 6.47. The zero-order valence-electron chi connectivity index (χ0n) is 17.4. The number of hydrogen-bond donors (Lipinski definition) is 1. The first kappa shape index (κ1) is 22.0. The van der Waals surface area contributed by atoms with Crippen LogP contribution in [0.5, 0.6) is 0 Å². The largest absolute Gasteiger partial charge is 0.379 e. The maximum absolute atomic E-state index is 13.1. The van der Waals surface area contributed by atoms with E-state index in [9.17, 15) is 18.0 Å². The van der Waals surface area contributed by atoms with E-state index in [0.29, 0.717) is 37.7 Å². The van der Waals surface area contributed by atoms with E-state index in [-0.39, 0.29) is 22.2 Å². The van der Waals surface area contributed by atoms with Crippen LogP contribution < -0.4 is 15.1 Å². The van der Waals surface area contributed by atoms with Crippen molar-refractivity contribution in [3.63, 3.8) is 0 Å². The van der Waals surface area contributed by atoms with Crippen LogP contribution in [0.1, 0.15) is 18.5 Å². The summed E-state index contributed by atoms with van der Waals surface area (Å²) in [6.07, 6.45) is 2.09. The van der Waals surface area contributed by atoms with Gasteiger partial charge in [-0.1, -0.05) is 11.3 Å². The number of aromatic nitrogens is 1. The van der Waals surface area contributed by atoms with E-state index in [4.69, 9.17) is 4.74 Å². The number of thiazole rings is 1. The minimum Gasteiger partial charge on any atom is -0.379 e. The molecule has 31 heavy (non-hydrogen) atoms. The number of sulfonamides is 1. The molecule has 0 radical (unpaired) electrons. The van der Waals surface area contributed by atoms with Gasteiger partial charge >= 0.3 is 4.87 Å². The summed E-state index contributed by atoms with van der Waals surface area (Å²) in [4.78, 5) is 26.8. The molecule has 0 bridgehead atoms. The number of aryl methyl sites for hydroxylation is 1. The van der Waals surface area contributed by atoms with E-state index >= 15 is 0 Å². The summed E-state index contributed by atoms with van der Waals surface area (Å²) in [5.74, 6) is -0.370. The molecular formula is C20H26N4O5S2. The number of rotatable bonds is 6. The third-order valence-corrected chi connectivity index (χ3v) is 8.35. The lowest BCUT2D eigenvalue weighted by Gasteiger charge is -2.27. The van der Waals surface area contributed by atoms with Crippen molar-refractivity contribution in [3.8, 4) is 0 Å². The summed E-state index contributed by atoms with van der Waals surface area (Å²) in [6, 6.07) is 4.89. The monoisotopic (exact) mass is 466 g/mol. The second-order valence-corrected chi connectivity index (χ2v) is 10.4. The fraction of sp³-hybridized carbons (Fsp3) is 0.500. The van der Waals surface area contributed by atoms with Crippen molar-refractivity contribution in [1.82, 2.24) is 8.87 Å². The molecule has 11 heteroatoms. The Morgan fingerprint density at radius 2 is 1.87 bits per heavy atom. The summed E-state index contributed by atoms with van der Waals surface area (Å²) in [5.41, 5.74) is 1.96. The van der Waals surface area contributed by atoms with Gasteiger partial charge in [0.05, 0.1) is 29.5 Å². The molecule has 4 rings (SSSR count). The number of carbonyl (C=O) groups is 1. The Labute approximate surface area is 185 Å². The van der Waals surface area contributed by atoms with Gasteiger partial charge in [-0.2, -0.15) is 4.31 Å². The molecule has 3 heterocycles. The van der Waals surface area contributed by atoms with Crippen LogP contribution in [-0.4, -0.2) is 62.6 Å². The van der Waals surface area contributed by atoms with Crippen molar-refractivity contribution in [2.45, 2.75) is 31.2 Å². The molecule has 0 aliphatic carbocycles. The van der Waals surface area contributed by atoms with E-state index < -0.39 is 10.0 Å². The van der Waals surface area contributed by atoms with E-state index in [1.165, 1.54) is 14.9 Å². The summed E-state index contributed by atoms with van der Waals surface area (Å²) in [7, 11) is -3.69. The molecule has 168 valence electrons. The van der Waals surface area contributed by atoms with Gasteiger partial charge < -0.3 is 15.0 Å². The number of nitrogens with zero attached hydrogens (tertiary/aromatic N) is 3. The zero-order valence-corrected chi connectivity index (χ0v) is 19.0. The van der Waals surface area contributed by atoms with Crippen LogP contribution >= 0.6 is 11.3 Å². The number of anilines is 2. The third-order valence-electron chi connectivity index (χ3n) is 5.57. The SMILES string of the molecule is Cc1csc(=O)n1CC(=O)Nc1cc(S(=O)(=O)N2CCOCC2)ccc1N1CCCC1. The number of amides is 1. The fourth-order valence-electron chi connectivity index (χ4n) is 3.88. The predicted molar refractivity (Wildman–Crippen MR) is 119 cm³/mol. The zero-order chi connectivity index (χ0) is 22.0. The van der Waals surface area contributed by atoms with Gasteiger partial charge in [-0.25, -0.2) is 8.42 Å². The van der Waals surface area contributed by atoms with Gasteiger partial charge in [0, 0.05) is 37.3 Å². The molecule has 0 unspecified atom stereocenters. The van der Waals surface area contributed by atoms with Crippen LogP contribution in [0.3, 0.4) is 0 Å². The maximum atomic E-state index is 13.1. The first-order valence-electron chi connectivity index (χ1n) is 10.3. The van der Waals surface area contributed by atoms with Crippen molar-refractivity contribution in [2.75, 3.05) is 49.6 Å². The lowest BCUT2D eigenvalue weighted by atomic mass is 10.2. The van der Waals surface area contributed by atoms with Crippen molar-refractivity contribution in [1.29, 1.82) is 0 Å². The van der Waals surface area contributed by atoms with Crippen LogP contribution in [-0.2, 0) is 26.1 Å². The Hall–Kier alpha value is -2.21. The van der Waals surface area contributed by atoms with Crippen molar-refractivity contribution in [2.24, 2.45) is 0 Å². The predicted octanol–water partition coefficient (Wildman–Crippen LogP) is 1.48. The molecule has 0 saturated carbocycles. The molecule has 2 fully saturated rings. The van der Waals surface area contributed by atoms with Gasteiger partial charge in [0.2, 0.25) is 15.9 Å². The number of ether oxygens (including phenoxy) is 1. The molecule has 9 nitrogen and oxygen atoms in total. The Morgan fingerprint density at radius 1 is 1.16 bits per heavy atom. The second kappa shape index (κ2) is 9.11. The fourth-order valence-corrected chi connectivity index (χ4v) is 6.04. The molecule has 0 spiro atoms. The molecule has 1 aromatic carbocycles. The van der Waals surface area contributed by atoms with Crippen LogP contribution in [0, 0.1) is 6.92 Å². The van der Waals surface area contributed by atoms with Gasteiger partial charge in [-0.3, -0.25) is 14.2 Å². The molecule has 2 saturated heterocycles. The Morgan fingerprint density at radius 3 is 2.52 bits per heavy atom. The average molecular weight is 467 g/mol. The summed E-state index contributed by atoms with van der Waals surface area (Å²) in [6.45, 7) is 4.69. The van der Waals surface area contributed by atoms with Crippen LogP contribution in [0.15, 0.2) is 33.3 Å². The van der Waals surface area contributed by atoms with E-state index in [0.717, 1.165) is 43.0 Å². The topological polar surface area (TPSA) is 101 Å². The van der Waals surface area contributed by atoms with E-state index in [1.54, 1.807) is 24.4 Å². The lowest BCUT2D eigenvalue weighted by Crippen LogP contribution is -2.40. The number of benzene rings is 1. The van der Waals surface area contributed by atoms with Gasteiger partial charge in [-0.15, -0.1) is 0 Å². The minimum atomic E-state index is -3.69. The lowest BCUT2D eigenvalue weighted by molar-refractivity contribution is -0.116. The average Bonchev–Trinajstić information content (AvgIpc) is 3.40. The highest BCUT2D eigenvalue weighted by Gasteiger charge is 2.28. The molecular weight excluding hydrogens is 440 g/mol. The smallest absolute Gasteiger partial charge is 0.307 e. The summed E-state index contributed by atoms with van der Waals surface area (Å²) < 4.78 is 34.3. The second-order valence-electron chi connectivity index (χ2n) is 7.67. The molecule has 1 N–H and O–H groups in total. The highest BCUT2D eigenvalue weighted by atomic mass is 32.2. The Balaban J connectivity index is 1.64. The van der Waals surface area contributed by atoms with Crippen LogP contribution in [0.2, 0.25) is 0 Å². The minimum absolute atomic E-state index is 0.117. The molecule has 2 aliphatic rings. The third kappa shape index (κ3) is 4.69. The van der Waals surface area contributed by atoms with Gasteiger partial charge in [0.25, 0.3) is 0 Å². The highest BCUT2D eigenvalue weighted by Crippen LogP contribution is 2.32.